The number of aromatic amines is 2. The first-order valence-electron chi connectivity index (χ1n) is 19.8. The van der Waals surface area contributed by atoms with Crippen LogP contribution in [0.15, 0.2) is 72.5 Å². The van der Waals surface area contributed by atoms with Crippen LogP contribution in [0.25, 0.3) is 21.8 Å². The summed E-state index contributed by atoms with van der Waals surface area (Å²) in [5.41, 5.74) is 2.70. The molecule has 7 N–H and O–H groups in total. The molecule has 6 amide bonds. The first-order chi connectivity index (χ1) is 29.2. The molecule has 2 bridgehead atoms. The minimum Gasteiger partial charge on any atom is -0.496 e. The van der Waals surface area contributed by atoms with Crippen LogP contribution in [0.4, 0.5) is 0 Å². The second-order valence-corrected chi connectivity index (χ2v) is 15.2. The Morgan fingerprint density at radius 2 is 1.52 bits per heavy atom. The molecule has 0 saturated heterocycles. The summed E-state index contributed by atoms with van der Waals surface area (Å²) in [5, 5.41) is 16.5. The second kappa shape index (κ2) is 20.4. The number of ether oxygens (including phenoxy) is 1. The van der Waals surface area contributed by atoms with E-state index in [2.05, 4.69) is 48.1 Å². The predicted molar refractivity (Wildman–Crippen MR) is 230 cm³/mol. The molecule has 0 radical (unpaired) electrons. The van der Waals surface area contributed by atoms with Gasteiger partial charge in [-0.2, -0.15) is 0 Å². The smallest absolute Gasteiger partial charge is 0.271 e. The molecule has 18 heteroatoms. The molecule has 5 aromatic rings. The molecular formula is C43H51N9O8S. The Kier molecular flexibility index (Phi) is 15.2. The summed E-state index contributed by atoms with van der Waals surface area (Å²) in [6.07, 6.45) is 3.29. The molecule has 0 fully saturated rings. The highest BCUT2D eigenvalue weighted by atomic mass is 32.1. The maximum Gasteiger partial charge on any atom is 0.271 e. The van der Waals surface area contributed by atoms with Crippen LogP contribution in [-0.2, 0) is 41.6 Å². The van der Waals surface area contributed by atoms with Crippen LogP contribution in [0.5, 0.6) is 5.75 Å². The number of H-pyrrole nitrogens is 2. The summed E-state index contributed by atoms with van der Waals surface area (Å²) in [4.78, 5) is 106. The van der Waals surface area contributed by atoms with E-state index in [1.165, 1.54) is 26.5 Å². The third-order valence-corrected chi connectivity index (χ3v) is 11.0. The number of hydrogen-bond donors (Lipinski definition) is 7. The number of aromatic nitrogens is 3. The molecular weight excluding hydrogens is 803 g/mol. The Balaban J connectivity index is 0.00000347. The highest BCUT2D eigenvalue weighted by Crippen LogP contribution is 2.31. The second-order valence-electron chi connectivity index (χ2n) is 14.4. The van der Waals surface area contributed by atoms with Gasteiger partial charge in [0.1, 0.15) is 22.5 Å². The topological polar surface area (TPSA) is 237 Å². The molecule has 3 aromatic heterocycles. The van der Waals surface area contributed by atoms with E-state index < -0.39 is 78.4 Å². The van der Waals surface area contributed by atoms with Gasteiger partial charge in [0.15, 0.2) is 5.78 Å². The first-order valence-corrected chi connectivity index (χ1v) is 20.7. The van der Waals surface area contributed by atoms with E-state index in [0.29, 0.717) is 16.3 Å². The number of likely N-dealkylation sites (N-methyl/N-ethyl adjacent to an activating group) is 1. The van der Waals surface area contributed by atoms with Gasteiger partial charge in [-0.3, -0.25) is 33.6 Å². The van der Waals surface area contributed by atoms with Gasteiger partial charge < -0.3 is 46.2 Å². The van der Waals surface area contributed by atoms with E-state index in [-0.39, 0.29) is 30.7 Å². The Bertz CT molecular complexity index is 2450. The quantitative estimate of drug-likeness (QED) is 0.128. The highest BCUT2D eigenvalue weighted by molar-refractivity contribution is 7.09. The lowest BCUT2D eigenvalue weighted by atomic mass is 9.89. The lowest BCUT2D eigenvalue weighted by molar-refractivity contribution is -0.134. The zero-order valence-corrected chi connectivity index (χ0v) is 35.7. The number of amides is 6. The van der Waals surface area contributed by atoms with Crippen molar-refractivity contribution in [2.45, 2.75) is 65.1 Å². The van der Waals surface area contributed by atoms with E-state index in [0.717, 1.165) is 43.6 Å². The van der Waals surface area contributed by atoms with Crippen LogP contribution in [0.3, 0.4) is 0 Å². The number of fused-ring (bicyclic) bond motifs is 4. The fourth-order valence-corrected chi connectivity index (χ4v) is 7.70. The van der Waals surface area contributed by atoms with Gasteiger partial charge in [-0.05, 0) is 49.6 Å². The van der Waals surface area contributed by atoms with Crippen molar-refractivity contribution in [3.8, 4) is 5.75 Å². The van der Waals surface area contributed by atoms with Gasteiger partial charge in [-0.1, -0.05) is 44.7 Å². The fourth-order valence-electron chi connectivity index (χ4n) is 6.89. The molecule has 0 aliphatic carbocycles. The zero-order chi connectivity index (χ0) is 44.4. The van der Waals surface area contributed by atoms with Gasteiger partial charge in [0.05, 0.1) is 38.0 Å². The van der Waals surface area contributed by atoms with Crippen LogP contribution in [0.2, 0.25) is 0 Å². The Morgan fingerprint density at radius 3 is 2.28 bits per heavy atom. The average Bonchev–Trinajstić information content (AvgIpc) is 4.02. The Morgan fingerprint density at radius 1 is 0.836 bits per heavy atom. The molecule has 0 spiro atoms. The van der Waals surface area contributed by atoms with Gasteiger partial charge in [0, 0.05) is 65.4 Å². The van der Waals surface area contributed by atoms with Gasteiger partial charge >= 0.3 is 0 Å². The lowest BCUT2D eigenvalue weighted by Crippen LogP contribution is -2.50. The minimum atomic E-state index is -1.16. The molecule has 2 aromatic carbocycles. The summed E-state index contributed by atoms with van der Waals surface area (Å²) in [6, 6.07) is 10.0. The summed E-state index contributed by atoms with van der Waals surface area (Å²) in [6.45, 7) is 9.72. The highest BCUT2D eigenvalue weighted by Gasteiger charge is 2.31. The average molecular weight is 854 g/mol. The molecule has 17 nitrogen and oxygen atoms in total. The number of ketones is 1. The zero-order valence-electron chi connectivity index (χ0n) is 34.9. The van der Waals surface area contributed by atoms with E-state index in [9.17, 15) is 33.6 Å². The standard InChI is InChI=1S/C41H45N9O8S.C2H6/c1-21-37(54)47-23(3)41(57)50(4)19-35(53)46-22(2)40-49-31(20-59-40)39(56)48-30(14-25-16-42-28-10-7-6-9-27(25)28)32(51)15-24(38(55)44-18-34(52)45-21)13-26-17-43-29-11-8-12-33(58-5)36(26)29;1-2/h6-12,16-17,20-22,24,30,42-43H,3,13-15,18-19H2,1-2,4-5H3,(H,44,55)(H,45,52)(H,46,53)(H,47,54)(H,48,56);1-2H3/t21?,22?,24-,30+;/m1./s1. The van der Waals surface area contributed by atoms with E-state index >= 15 is 0 Å². The van der Waals surface area contributed by atoms with Crippen molar-refractivity contribution in [2.24, 2.45) is 5.92 Å². The summed E-state index contributed by atoms with van der Waals surface area (Å²) in [7, 11) is 2.88. The number of nitrogens with one attached hydrogen (secondary N) is 7. The first kappa shape index (κ1) is 45.3. The van der Waals surface area contributed by atoms with Crippen molar-refractivity contribution in [2.75, 3.05) is 27.2 Å². The molecule has 1 aliphatic heterocycles. The normalized spacial score (nSPS) is 20.5. The van der Waals surface area contributed by atoms with Crippen LogP contribution >= 0.6 is 11.3 Å². The third kappa shape index (κ3) is 11.1. The minimum absolute atomic E-state index is 0.0111. The van der Waals surface area contributed by atoms with Crippen molar-refractivity contribution in [3.63, 3.8) is 0 Å². The van der Waals surface area contributed by atoms with Crippen molar-refractivity contribution in [1.29, 1.82) is 0 Å². The lowest BCUT2D eigenvalue weighted by Gasteiger charge is -2.22. The van der Waals surface area contributed by atoms with Crippen molar-refractivity contribution in [1.82, 2.24) is 46.4 Å². The number of Topliss-reactive ketones (excluding diaryl/α,β-unsaturated/α-hetero) is 1. The summed E-state index contributed by atoms with van der Waals surface area (Å²) in [5.74, 6) is -4.96. The number of para-hydroxylation sites is 1. The molecule has 4 heterocycles. The number of carbonyl (C=O) groups excluding carboxylic acids is 7. The number of methoxy groups -OCH3 is 1. The number of hydrogen-bond acceptors (Lipinski definition) is 10. The van der Waals surface area contributed by atoms with Crippen molar-refractivity contribution in [3.05, 3.63) is 94.3 Å². The molecule has 1 aliphatic rings. The maximum absolute atomic E-state index is 14.5. The Hall–Kier alpha value is -6.82. The van der Waals surface area contributed by atoms with E-state index in [4.69, 9.17) is 4.74 Å². The largest absolute Gasteiger partial charge is 0.496 e. The van der Waals surface area contributed by atoms with E-state index in [1.807, 2.05) is 50.2 Å². The maximum atomic E-state index is 14.5. The van der Waals surface area contributed by atoms with Crippen molar-refractivity contribution >= 4 is 74.4 Å². The number of thiazole rings is 1. The van der Waals surface area contributed by atoms with Gasteiger partial charge in [-0.25, -0.2) is 4.98 Å². The van der Waals surface area contributed by atoms with Crippen molar-refractivity contribution < 1.29 is 38.3 Å². The van der Waals surface area contributed by atoms with Gasteiger partial charge in [-0.15, -0.1) is 11.3 Å². The van der Waals surface area contributed by atoms with Crippen LogP contribution in [-0.4, -0.2) is 100 Å². The number of benzene rings is 2. The molecule has 2 unspecified atom stereocenters. The van der Waals surface area contributed by atoms with E-state index in [1.54, 1.807) is 25.4 Å². The molecule has 322 valence electrons. The van der Waals surface area contributed by atoms with Crippen LogP contribution in [0, 0.1) is 5.92 Å². The fraction of sp³-hybridized carbons (Fsp3) is 0.349. The predicted octanol–water partition coefficient (Wildman–Crippen LogP) is 3.20. The molecule has 6 rings (SSSR count). The van der Waals surface area contributed by atoms with Crippen LogP contribution < -0.4 is 31.3 Å². The van der Waals surface area contributed by atoms with Gasteiger partial charge in [0.2, 0.25) is 23.6 Å². The SMILES string of the molecule is C=C1NC(=O)C(C)NC(=O)CNC(=O)[C@H](Cc2c[nH]c3cccc(OC)c23)CC(=O)[C@H](Cc2c[nH]c3ccccc23)NC(=O)c2csc(n2)C(C)NC(=O)CN(C)C1=O.CC. The molecule has 61 heavy (non-hydrogen) atoms. The van der Waals surface area contributed by atoms with Crippen LogP contribution in [0.1, 0.15) is 66.8 Å². The number of carbonyl (C=O) groups is 7. The number of nitrogens with zero attached hydrogens (tertiary/aromatic N) is 2. The molecule has 4 atom stereocenters. The Labute approximate surface area is 356 Å². The van der Waals surface area contributed by atoms with Gasteiger partial charge in [0.25, 0.3) is 11.8 Å². The monoisotopic (exact) mass is 853 g/mol. The summed E-state index contributed by atoms with van der Waals surface area (Å²) >= 11 is 1.12. The number of rotatable bonds is 5. The third-order valence-electron chi connectivity index (χ3n) is 10.0. The summed E-state index contributed by atoms with van der Waals surface area (Å²) < 4.78 is 5.61. The molecule has 0 saturated carbocycles.